The quantitative estimate of drug-likeness (QED) is 0.861. The highest BCUT2D eigenvalue weighted by molar-refractivity contribution is 5.56. The van der Waals surface area contributed by atoms with Gasteiger partial charge >= 0.3 is 0 Å². The predicted octanol–water partition coefficient (Wildman–Crippen LogP) is 1.89. The molecular weight excluding hydrogens is 238 g/mol. The SMILES string of the molecule is CCCn1cc(-c2cncn2CC(N)C2CC2)cn1. The Morgan fingerprint density at radius 3 is 3.00 bits per heavy atom. The maximum absolute atomic E-state index is 6.20. The lowest BCUT2D eigenvalue weighted by Gasteiger charge is -2.13. The van der Waals surface area contributed by atoms with Crippen molar-refractivity contribution in [1.29, 1.82) is 0 Å². The van der Waals surface area contributed by atoms with E-state index in [2.05, 4.69) is 27.8 Å². The Kier molecular flexibility index (Phi) is 3.38. The van der Waals surface area contributed by atoms with Crippen LogP contribution in [-0.2, 0) is 13.1 Å². The number of hydrogen-bond donors (Lipinski definition) is 1. The first-order valence-electron chi connectivity index (χ1n) is 7.06. The third kappa shape index (κ3) is 2.71. The molecule has 1 aliphatic rings. The zero-order valence-electron chi connectivity index (χ0n) is 11.4. The Morgan fingerprint density at radius 1 is 1.42 bits per heavy atom. The van der Waals surface area contributed by atoms with E-state index in [1.807, 2.05) is 23.4 Å². The number of hydrogen-bond acceptors (Lipinski definition) is 3. The Hall–Kier alpha value is -1.62. The molecule has 2 aromatic heterocycles. The van der Waals surface area contributed by atoms with Crippen molar-refractivity contribution in [1.82, 2.24) is 19.3 Å². The molecule has 0 amide bonds. The Bertz CT molecular complexity index is 538. The summed E-state index contributed by atoms with van der Waals surface area (Å²) in [5.41, 5.74) is 8.43. The van der Waals surface area contributed by atoms with Gasteiger partial charge in [0.1, 0.15) is 0 Å². The lowest BCUT2D eigenvalue weighted by atomic mass is 10.2. The van der Waals surface area contributed by atoms with Crippen LogP contribution >= 0.6 is 0 Å². The van der Waals surface area contributed by atoms with Crippen molar-refractivity contribution in [2.75, 3.05) is 0 Å². The molecule has 0 spiro atoms. The number of imidazole rings is 1. The largest absolute Gasteiger partial charge is 0.329 e. The van der Waals surface area contributed by atoms with Crippen LogP contribution in [0, 0.1) is 5.92 Å². The van der Waals surface area contributed by atoms with Crippen molar-refractivity contribution in [3.05, 3.63) is 24.9 Å². The Labute approximate surface area is 113 Å². The molecule has 1 fully saturated rings. The van der Waals surface area contributed by atoms with Crippen LogP contribution in [0.1, 0.15) is 26.2 Å². The van der Waals surface area contributed by atoms with E-state index in [0.29, 0.717) is 5.92 Å². The Balaban J connectivity index is 1.77. The van der Waals surface area contributed by atoms with Crippen molar-refractivity contribution in [2.24, 2.45) is 11.7 Å². The highest BCUT2D eigenvalue weighted by Gasteiger charge is 2.28. The molecule has 5 nitrogen and oxygen atoms in total. The van der Waals surface area contributed by atoms with Crippen LogP contribution in [0.5, 0.6) is 0 Å². The van der Waals surface area contributed by atoms with Gasteiger partial charge in [-0.25, -0.2) is 4.98 Å². The average molecular weight is 259 g/mol. The molecule has 0 saturated heterocycles. The fourth-order valence-electron chi connectivity index (χ4n) is 2.45. The summed E-state index contributed by atoms with van der Waals surface area (Å²) < 4.78 is 4.13. The summed E-state index contributed by atoms with van der Waals surface area (Å²) in [6.07, 6.45) is 11.4. The molecule has 1 atom stereocenters. The summed E-state index contributed by atoms with van der Waals surface area (Å²) in [6.45, 7) is 3.95. The fourth-order valence-corrected chi connectivity index (χ4v) is 2.45. The van der Waals surface area contributed by atoms with Crippen LogP contribution in [0.4, 0.5) is 0 Å². The number of nitrogens with zero attached hydrogens (tertiary/aromatic N) is 4. The van der Waals surface area contributed by atoms with Crippen molar-refractivity contribution < 1.29 is 0 Å². The predicted molar refractivity (Wildman–Crippen MR) is 74.4 cm³/mol. The molecule has 2 heterocycles. The lowest BCUT2D eigenvalue weighted by molar-refractivity contribution is 0.505. The molecule has 0 aromatic carbocycles. The van der Waals surface area contributed by atoms with E-state index >= 15 is 0 Å². The third-order valence-corrected chi connectivity index (χ3v) is 3.73. The third-order valence-electron chi connectivity index (χ3n) is 3.73. The van der Waals surface area contributed by atoms with Gasteiger partial charge in [-0.3, -0.25) is 4.68 Å². The van der Waals surface area contributed by atoms with Crippen LogP contribution in [0.25, 0.3) is 11.3 Å². The van der Waals surface area contributed by atoms with E-state index in [0.717, 1.165) is 30.8 Å². The first-order valence-corrected chi connectivity index (χ1v) is 7.06. The molecule has 2 aromatic rings. The van der Waals surface area contributed by atoms with Gasteiger partial charge in [0.25, 0.3) is 0 Å². The van der Waals surface area contributed by atoms with Gasteiger partial charge in [-0.2, -0.15) is 5.10 Å². The van der Waals surface area contributed by atoms with Crippen LogP contribution in [0.3, 0.4) is 0 Å². The smallest absolute Gasteiger partial charge is 0.0951 e. The van der Waals surface area contributed by atoms with E-state index < -0.39 is 0 Å². The van der Waals surface area contributed by atoms with Gasteiger partial charge in [-0.05, 0) is 25.2 Å². The van der Waals surface area contributed by atoms with Crippen LogP contribution < -0.4 is 5.73 Å². The maximum Gasteiger partial charge on any atom is 0.0951 e. The normalized spacial score (nSPS) is 16.7. The summed E-state index contributed by atoms with van der Waals surface area (Å²) in [5, 5.41) is 4.37. The first kappa shape index (κ1) is 12.4. The van der Waals surface area contributed by atoms with E-state index in [4.69, 9.17) is 5.73 Å². The van der Waals surface area contributed by atoms with E-state index in [1.54, 1.807) is 0 Å². The maximum atomic E-state index is 6.20. The molecule has 5 heteroatoms. The molecule has 1 saturated carbocycles. The summed E-state index contributed by atoms with van der Waals surface area (Å²) in [6, 6.07) is 0.249. The average Bonchev–Trinajstić information content (AvgIpc) is 2.99. The highest BCUT2D eigenvalue weighted by Crippen LogP contribution is 2.32. The second kappa shape index (κ2) is 5.17. The van der Waals surface area contributed by atoms with E-state index in [1.165, 1.54) is 12.8 Å². The minimum Gasteiger partial charge on any atom is -0.329 e. The molecule has 2 N–H and O–H groups in total. The van der Waals surface area contributed by atoms with Crippen molar-refractivity contribution in [3.8, 4) is 11.3 Å². The fraction of sp³-hybridized carbons (Fsp3) is 0.571. The minimum absolute atomic E-state index is 0.249. The van der Waals surface area contributed by atoms with Crippen molar-refractivity contribution in [2.45, 2.75) is 45.3 Å². The number of aryl methyl sites for hydroxylation is 1. The second-order valence-electron chi connectivity index (χ2n) is 5.42. The molecule has 3 rings (SSSR count). The molecular formula is C14H21N5. The van der Waals surface area contributed by atoms with Crippen molar-refractivity contribution >= 4 is 0 Å². The summed E-state index contributed by atoms with van der Waals surface area (Å²) in [5.74, 6) is 0.707. The van der Waals surface area contributed by atoms with Gasteiger partial charge in [0.15, 0.2) is 0 Å². The molecule has 0 radical (unpaired) electrons. The summed E-state index contributed by atoms with van der Waals surface area (Å²) in [7, 11) is 0. The van der Waals surface area contributed by atoms with Gasteiger partial charge in [-0.15, -0.1) is 0 Å². The zero-order chi connectivity index (χ0) is 13.2. The second-order valence-corrected chi connectivity index (χ2v) is 5.42. The molecule has 0 aliphatic heterocycles. The number of nitrogens with two attached hydrogens (primary N) is 1. The van der Waals surface area contributed by atoms with Crippen molar-refractivity contribution in [3.63, 3.8) is 0 Å². The van der Waals surface area contributed by atoms with Gasteiger partial charge in [0, 0.05) is 30.9 Å². The van der Waals surface area contributed by atoms with Gasteiger partial charge in [0.05, 0.1) is 24.4 Å². The van der Waals surface area contributed by atoms with Crippen LogP contribution in [0.15, 0.2) is 24.9 Å². The molecule has 1 aliphatic carbocycles. The lowest BCUT2D eigenvalue weighted by Crippen LogP contribution is -2.28. The first-order chi connectivity index (χ1) is 9.28. The molecule has 0 bridgehead atoms. The van der Waals surface area contributed by atoms with E-state index in [9.17, 15) is 0 Å². The van der Waals surface area contributed by atoms with Crippen LogP contribution in [-0.4, -0.2) is 25.4 Å². The monoisotopic (exact) mass is 259 g/mol. The van der Waals surface area contributed by atoms with Gasteiger partial charge in [-0.1, -0.05) is 6.92 Å². The summed E-state index contributed by atoms with van der Waals surface area (Å²) in [4.78, 5) is 4.26. The Morgan fingerprint density at radius 2 is 2.26 bits per heavy atom. The summed E-state index contributed by atoms with van der Waals surface area (Å²) >= 11 is 0. The molecule has 1 unspecified atom stereocenters. The van der Waals surface area contributed by atoms with Gasteiger partial charge < -0.3 is 10.3 Å². The zero-order valence-corrected chi connectivity index (χ0v) is 11.4. The highest BCUT2D eigenvalue weighted by atomic mass is 15.3. The van der Waals surface area contributed by atoms with Gasteiger partial charge in [0.2, 0.25) is 0 Å². The van der Waals surface area contributed by atoms with Crippen LogP contribution in [0.2, 0.25) is 0 Å². The van der Waals surface area contributed by atoms with E-state index in [-0.39, 0.29) is 6.04 Å². The molecule has 102 valence electrons. The number of aromatic nitrogens is 4. The standard InChI is InChI=1S/C14H21N5/c1-2-5-19-8-12(6-17-19)14-7-16-10-18(14)9-13(15)11-3-4-11/h6-8,10-11,13H,2-5,9,15H2,1H3. The minimum atomic E-state index is 0.249. The molecule has 19 heavy (non-hydrogen) atoms. The number of rotatable bonds is 6. The topological polar surface area (TPSA) is 61.7 Å².